The van der Waals surface area contributed by atoms with Crippen LogP contribution in [0.4, 0.5) is 0 Å². The number of aromatic hydroxyl groups is 3. The van der Waals surface area contributed by atoms with Gasteiger partial charge >= 0.3 is 5.97 Å². The van der Waals surface area contributed by atoms with E-state index in [1.54, 1.807) is 0 Å². The van der Waals surface area contributed by atoms with Gasteiger partial charge in [-0.05, 0) is 208 Å². The molecule has 0 spiro atoms. The van der Waals surface area contributed by atoms with Crippen LogP contribution in [0, 0.1) is 27.0 Å². The number of carboxylic acid groups (broad SMARTS) is 1. The van der Waals surface area contributed by atoms with Gasteiger partial charge in [0.15, 0.2) is 29.8 Å². The molecule has 0 unspecified atom stereocenters. The molecule has 3 aliphatic rings. The van der Waals surface area contributed by atoms with Gasteiger partial charge in [-0.15, -0.1) is 0 Å². The summed E-state index contributed by atoms with van der Waals surface area (Å²) in [4.78, 5) is 242. The molecule has 3 heterocycles. The second-order valence-corrected chi connectivity index (χ2v) is 37.4. The van der Waals surface area contributed by atoms with Gasteiger partial charge in [0.25, 0.3) is 0 Å². The Morgan fingerprint density at radius 1 is 0.396 bits per heavy atom. The summed E-state index contributed by atoms with van der Waals surface area (Å²) in [7, 11) is 1.44. The summed E-state index contributed by atoms with van der Waals surface area (Å²) in [5.74, 6) is -20.6. The summed E-state index contributed by atoms with van der Waals surface area (Å²) in [6, 6.07) is -7.09. The Morgan fingerprint density at radius 2 is 0.757 bits per heavy atom. The van der Waals surface area contributed by atoms with Gasteiger partial charge in [-0.2, -0.15) is 0 Å². The lowest BCUT2D eigenvalue weighted by Crippen LogP contribution is -2.61. The molecule has 0 radical (unpaired) electrons. The number of rotatable bonds is 48. The third-order valence-electron chi connectivity index (χ3n) is 23.5. The Hall–Kier alpha value is -14.3. The van der Waals surface area contributed by atoms with E-state index in [2.05, 4.69) is 90.4 Å². The van der Waals surface area contributed by atoms with E-state index in [1.807, 2.05) is 0 Å². The van der Waals surface area contributed by atoms with Gasteiger partial charge in [-0.1, -0.05) is 58.0 Å². The second-order valence-electron chi connectivity index (χ2n) is 34.9. The van der Waals surface area contributed by atoms with Crippen LogP contribution in [0.5, 0.6) is 17.2 Å². The molecule has 15 amide bonds. The van der Waals surface area contributed by atoms with Crippen molar-refractivity contribution >= 4 is 146 Å². The van der Waals surface area contributed by atoms with Crippen molar-refractivity contribution < 1.29 is 97.1 Å². The first kappa shape index (κ1) is 118. The van der Waals surface area contributed by atoms with Crippen LogP contribution >= 0.6 is 21.6 Å². The highest BCUT2D eigenvalue weighted by atomic mass is 33.1. The summed E-state index contributed by atoms with van der Waals surface area (Å²) >= 11 is 0. The number of guanidine groups is 5. The molecule has 3 aromatic carbocycles. The number of phenols is 3. The van der Waals surface area contributed by atoms with Crippen molar-refractivity contribution in [1.82, 2.24) is 100 Å². The number of nitrogens with one attached hydrogen (secondary N) is 22. The van der Waals surface area contributed by atoms with Gasteiger partial charge in [-0.3, -0.25) is 104 Å². The highest BCUT2D eigenvalue weighted by Gasteiger charge is 2.44. The molecular weight excluding hydrogens is 1910 g/mol. The van der Waals surface area contributed by atoms with Crippen LogP contribution < -0.4 is 136 Å². The van der Waals surface area contributed by atoms with Crippen molar-refractivity contribution in [3.63, 3.8) is 0 Å². The number of likely N-dealkylation sites (tertiary alicyclic amines) is 1. The molecule has 0 aliphatic carbocycles. The number of aliphatic carboxylic acids is 1. The third kappa shape index (κ3) is 42.5. The maximum atomic E-state index is 16.0. The van der Waals surface area contributed by atoms with Crippen LogP contribution in [0.1, 0.15) is 164 Å². The number of hydrogen-bond acceptors (Lipinski definition) is 29. The number of phenolic OH excluding ortho intramolecular Hbond substituents is 3. The van der Waals surface area contributed by atoms with E-state index in [0.717, 1.165) is 15.7 Å². The third-order valence-corrected chi connectivity index (χ3v) is 26.0. The summed E-state index contributed by atoms with van der Waals surface area (Å²) in [5, 5.41) is 126. The number of carboxylic acids is 1. The summed E-state index contributed by atoms with van der Waals surface area (Å²) in [6.45, 7) is 0.0110. The number of benzene rings is 3. The van der Waals surface area contributed by atoms with Crippen molar-refractivity contribution in [2.75, 3.05) is 70.4 Å². The Kier molecular flexibility index (Phi) is 51.7. The van der Waals surface area contributed by atoms with Gasteiger partial charge in [-0.25, -0.2) is 4.79 Å². The number of fused-ring (bicyclic) bond motifs is 1. The molecule has 3 aromatic rings. The molecule has 14 atom stereocenters. The van der Waals surface area contributed by atoms with Crippen LogP contribution in [0.15, 0.2) is 72.8 Å². The molecule has 6 rings (SSSR count). The number of nitrogens with zero attached hydrogens (tertiary/aromatic N) is 2. The minimum absolute atomic E-state index is 0.00000690. The number of carbonyl (C=O) groups excluding carboxylic acids is 15. The molecule has 3 aliphatic heterocycles. The highest BCUT2D eigenvalue weighted by molar-refractivity contribution is 8.76. The molecule has 0 bridgehead atoms. The topological polar surface area (TPSA) is 892 Å². The zero-order chi connectivity index (χ0) is 106. The normalized spacial score (nSPS) is 20.8. The first-order valence-electron chi connectivity index (χ1n) is 47.8. The Balaban J connectivity index is 1.60. The second kappa shape index (κ2) is 62.9. The monoisotopic (exact) mass is 2060 g/mol. The quantitative estimate of drug-likeness (QED) is 0.00822. The zero-order valence-electron chi connectivity index (χ0n) is 80.3. The SMILES string of the molecule is N=C(N)NCCC[C@H](NC(=O)[C@@H]1CSSC[C@H](NC(=O)[C@H](Cc2ccc(O)cc2)NC(=O)[C@H](CCCNC(=N)N)NC(=O)[C@H](CCCNC(=N)N)N2C(=O)CCC2=O)C(=O)N[C@@H](Cc2ccc(O)cc2)C(=O)N[C@@H](CCCNC(=N)N)C(=O)N[C@@H](CCCCN)C(=O)N[C@H](CCCCN)C(=O)N2CCC[C@H]2C(=O)N[C@@H](Cc2ccc(O)cc2)C(=O)N[C@@H](CCCNC(=N)N)C(=O)N[C@@H](CCCCN)C(=O)N1)C(=O)O. The Bertz CT molecular complexity index is 4850. The minimum Gasteiger partial charge on any atom is -0.508 e. The lowest BCUT2D eigenvalue weighted by atomic mass is 10.0. The molecule has 144 heavy (non-hydrogen) atoms. The van der Waals surface area contributed by atoms with Gasteiger partial charge in [0.2, 0.25) is 88.6 Å². The molecule has 54 heteroatoms. The predicted molar refractivity (Wildman–Crippen MR) is 535 cm³/mol. The van der Waals surface area contributed by atoms with Gasteiger partial charge in [0.05, 0.1) is 0 Å². The number of hydrogen-bond donors (Lipinski definition) is 34. The average Bonchev–Trinajstić information content (AvgIpc) is 1.68. The summed E-state index contributed by atoms with van der Waals surface area (Å²) < 4.78 is 0. The predicted octanol–water partition coefficient (Wildman–Crippen LogP) is -6.66. The largest absolute Gasteiger partial charge is 0.508 e. The molecular formula is C90H142N32O20S2. The van der Waals surface area contributed by atoms with Crippen LogP contribution in [0.2, 0.25) is 0 Å². The highest BCUT2D eigenvalue weighted by Crippen LogP contribution is 2.27. The lowest BCUT2D eigenvalue weighted by Gasteiger charge is -2.31. The lowest BCUT2D eigenvalue weighted by molar-refractivity contribution is -0.147. The molecule has 42 N–H and O–H groups in total. The van der Waals surface area contributed by atoms with Crippen molar-refractivity contribution in [3.05, 3.63) is 89.5 Å². The first-order chi connectivity index (χ1) is 68.7. The van der Waals surface area contributed by atoms with E-state index in [0.29, 0.717) is 29.2 Å². The fourth-order valence-corrected chi connectivity index (χ4v) is 18.2. The van der Waals surface area contributed by atoms with Gasteiger partial charge in [0.1, 0.15) is 102 Å². The van der Waals surface area contributed by atoms with Crippen molar-refractivity contribution in [3.8, 4) is 17.2 Å². The number of unbranched alkanes of at least 4 members (excludes halogenated alkanes) is 3. The summed E-state index contributed by atoms with van der Waals surface area (Å²) in [5.41, 5.74) is 46.8. The van der Waals surface area contributed by atoms with Gasteiger partial charge < -0.3 is 162 Å². The Labute approximate surface area is 840 Å². The van der Waals surface area contributed by atoms with Crippen molar-refractivity contribution in [2.24, 2.45) is 45.9 Å². The van der Waals surface area contributed by atoms with Crippen LogP contribution in [0.3, 0.4) is 0 Å². The van der Waals surface area contributed by atoms with Gasteiger partial charge in [0, 0.05) is 82.9 Å². The maximum absolute atomic E-state index is 16.0. The fourth-order valence-electron chi connectivity index (χ4n) is 15.9. The minimum atomic E-state index is -1.96. The molecule has 3 saturated heterocycles. The molecule has 52 nitrogen and oxygen atoms in total. The molecule has 0 aromatic heterocycles. The van der Waals surface area contributed by atoms with E-state index < -0.39 is 233 Å². The number of imide groups is 1. The van der Waals surface area contributed by atoms with Crippen LogP contribution in [-0.4, -0.2) is 310 Å². The molecule has 3 fully saturated rings. The van der Waals surface area contributed by atoms with E-state index >= 15 is 57.5 Å². The number of amides is 15. The molecule has 0 saturated carbocycles. The van der Waals surface area contributed by atoms with Crippen molar-refractivity contribution in [2.45, 2.75) is 252 Å². The zero-order valence-corrected chi connectivity index (χ0v) is 82.0. The Morgan fingerprint density at radius 3 is 1.19 bits per heavy atom. The van der Waals surface area contributed by atoms with Crippen molar-refractivity contribution in [1.29, 1.82) is 27.0 Å². The standard InChI is InChI=1S/C90H142N32O20S2/c91-36-4-1-13-56-74(130)114-61(15-3-6-38-93)84(140)121-44-12-21-68(121)82(138)118-65(47-52-26-32-55(125)33-27-52)78(134)112-59(17-8-40-105-87(96)97)73(129)110-57(14-2-5-37-92)76(132)119-66(80(136)115-62(85(141)142)19-10-42-107-89(100)101)48-143-144-49-67(81(137)117-63(45-50-22-28-53(123)29-23-50)77(133)111-58(72(128)109-56)16-7-39-104-86(94)95)120-79(135)64(46-51-24-30-54(124)31-25-51)116-75(131)60(18-9-41-106-88(98)99)113-83(139)69(20-11-43-108-90(102)103)122-70(126)34-35-71(122)127/h22-33,56-69,123-125H,1-21,34-49,91-93H2,(H,109,128)(H,110,129)(H,111,133)(H,112,134)(H,113,139)(H,114,130)(H,115,136)(H,116,131)(H,117,137)(H,118,138)(H,119,132)(H,120,135)(H,141,142)(H4,94,95,104)(H4,96,97,105)(H4,98,99,106)(H4,100,101,107)(H4,102,103,108)/t56-,57-,58-,59-,60-,61+,62-,63-,64-,65-,66-,67-,68-,69-/m0/s1. The van der Waals surface area contributed by atoms with Crippen LogP contribution in [0.25, 0.3) is 0 Å². The average molecular weight is 2060 g/mol. The van der Waals surface area contributed by atoms with Crippen LogP contribution in [-0.2, 0) is 96.0 Å². The summed E-state index contributed by atoms with van der Waals surface area (Å²) in [6.07, 6.45) is -2.05. The molecule has 794 valence electrons. The maximum Gasteiger partial charge on any atom is 0.326 e. The van der Waals surface area contributed by atoms with E-state index in [9.17, 15) is 39.6 Å². The fraction of sp³-hybridized carbons (Fsp3) is 0.567. The number of nitrogens with two attached hydrogens (primary N) is 8. The van der Waals surface area contributed by atoms with E-state index in [-0.39, 0.29) is 229 Å². The van der Waals surface area contributed by atoms with E-state index in [1.165, 1.54) is 77.7 Å². The number of carbonyl (C=O) groups is 16. The smallest absolute Gasteiger partial charge is 0.326 e. The van der Waals surface area contributed by atoms with E-state index in [4.69, 9.17) is 72.9 Å². The first-order valence-corrected chi connectivity index (χ1v) is 50.3.